The van der Waals surface area contributed by atoms with Crippen LogP contribution in [0.1, 0.15) is 38.5 Å². The molecule has 0 unspecified atom stereocenters. The molecule has 8 heteroatoms. The molecule has 28 heavy (non-hydrogen) atoms. The average Bonchev–Trinajstić information content (AvgIpc) is 3.10. The van der Waals surface area contributed by atoms with Gasteiger partial charge in [0.25, 0.3) is 0 Å². The fourth-order valence-corrected chi connectivity index (χ4v) is 4.27. The van der Waals surface area contributed by atoms with E-state index in [0.29, 0.717) is 12.1 Å². The number of nitrogens with two attached hydrogens (primary N) is 5. The highest BCUT2D eigenvalue weighted by Crippen LogP contribution is 2.24. The summed E-state index contributed by atoms with van der Waals surface area (Å²) < 4.78 is 0. The molecule has 0 aliphatic carbocycles. The zero-order valence-corrected chi connectivity index (χ0v) is 18.1. The first-order valence-corrected chi connectivity index (χ1v) is 11.4. The molecule has 0 amide bonds. The number of rotatable bonds is 18. The lowest BCUT2D eigenvalue weighted by Crippen LogP contribution is -2.42. The maximum Gasteiger partial charge on any atom is 0.0239 e. The van der Waals surface area contributed by atoms with E-state index in [0.717, 1.165) is 111 Å². The molecule has 1 fully saturated rings. The summed E-state index contributed by atoms with van der Waals surface area (Å²) in [5.41, 5.74) is 28.9. The first-order chi connectivity index (χ1) is 13.7. The quantitative estimate of drug-likeness (QED) is 0.193. The van der Waals surface area contributed by atoms with Gasteiger partial charge >= 0.3 is 0 Å². The SMILES string of the molecule is NCCCN(CCCN)C[C@H]1C[C@@H](N(CCCN)CCCN)CN1CCCN. The predicted octanol–water partition coefficient (Wildman–Crippen LogP) is -1.22. The maximum atomic E-state index is 5.81. The third-order valence-electron chi connectivity index (χ3n) is 5.80. The van der Waals surface area contributed by atoms with Crippen LogP contribution in [0.3, 0.4) is 0 Å². The van der Waals surface area contributed by atoms with Gasteiger partial charge < -0.3 is 33.6 Å². The standard InChI is InChI=1S/C20H48N8/c21-6-1-11-26(12-2-7-22)17-19-16-20(18-28(19)15-5-10-25)27(13-3-8-23)14-4-9-24/h19-20H,1-18,21-25H2/t19-,20-/m1/s1. The molecular weight excluding hydrogens is 352 g/mol. The lowest BCUT2D eigenvalue weighted by molar-refractivity contribution is 0.166. The fourth-order valence-electron chi connectivity index (χ4n) is 4.27. The minimum absolute atomic E-state index is 0.574. The smallest absolute Gasteiger partial charge is 0.0239 e. The van der Waals surface area contributed by atoms with Gasteiger partial charge in [0.15, 0.2) is 0 Å². The lowest BCUT2D eigenvalue weighted by atomic mass is 10.1. The van der Waals surface area contributed by atoms with Crippen molar-refractivity contribution in [3.63, 3.8) is 0 Å². The molecule has 0 radical (unpaired) electrons. The summed E-state index contributed by atoms with van der Waals surface area (Å²) in [5.74, 6) is 0. The van der Waals surface area contributed by atoms with Gasteiger partial charge in [-0.3, -0.25) is 9.80 Å². The van der Waals surface area contributed by atoms with Crippen molar-refractivity contribution in [1.29, 1.82) is 0 Å². The van der Waals surface area contributed by atoms with Crippen molar-refractivity contribution in [2.45, 2.75) is 50.6 Å². The van der Waals surface area contributed by atoms with Gasteiger partial charge in [0.05, 0.1) is 0 Å². The van der Waals surface area contributed by atoms with E-state index in [1.54, 1.807) is 0 Å². The van der Waals surface area contributed by atoms with Gasteiger partial charge in [-0.05, 0) is 104 Å². The van der Waals surface area contributed by atoms with Crippen LogP contribution in [0.4, 0.5) is 0 Å². The van der Waals surface area contributed by atoms with Crippen molar-refractivity contribution >= 4 is 0 Å². The Kier molecular flexibility index (Phi) is 15.1. The van der Waals surface area contributed by atoms with Crippen molar-refractivity contribution < 1.29 is 0 Å². The van der Waals surface area contributed by atoms with Gasteiger partial charge in [-0.25, -0.2) is 0 Å². The Bertz CT molecular complexity index is 341. The zero-order chi connectivity index (χ0) is 20.6. The van der Waals surface area contributed by atoms with Crippen molar-refractivity contribution in [3.05, 3.63) is 0 Å². The Hall–Kier alpha value is -0.320. The van der Waals surface area contributed by atoms with Crippen LogP contribution >= 0.6 is 0 Å². The van der Waals surface area contributed by atoms with Crippen LogP contribution in [0, 0.1) is 0 Å². The number of hydrogen-bond acceptors (Lipinski definition) is 8. The summed E-state index contributed by atoms with van der Waals surface area (Å²) in [6.45, 7) is 11.3. The minimum Gasteiger partial charge on any atom is -0.330 e. The highest BCUT2D eigenvalue weighted by atomic mass is 15.3. The number of likely N-dealkylation sites (tertiary alicyclic amines) is 1. The van der Waals surface area contributed by atoms with Crippen molar-refractivity contribution in [2.24, 2.45) is 28.7 Å². The number of hydrogen-bond donors (Lipinski definition) is 5. The molecule has 0 aromatic carbocycles. The normalized spacial score (nSPS) is 20.7. The predicted molar refractivity (Wildman–Crippen MR) is 120 cm³/mol. The Morgan fingerprint density at radius 3 is 1.68 bits per heavy atom. The lowest BCUT2D eigenvalue weighted by Gasteiger charge is -2.30. The first-order valence-electron chi connectivity index (χ1n) is 11.4. The highest BCUT2D eigenvalue weighted by molar-refractivity contribution is 4.92. The second-order valence-corrected chi connectivity index (χ2v) is 8.09. The van der Waals surface area contributed by atoms with Gasteiger partial charge in [0.1, 0.15) is 0 Å². The van der Waals surface area contributed by atoms with Crippen LogP contribution in [0.25, 0.3) is 0 Å². The fraction of sp³-hybridized carbons (Fsp3) is 1.00. The molecule has 1 aliphatic rings. The highest BCUT2D eigenvalue weighted by Gasteiger charge is 2.35. The van der Waals surface area contributed by atoms with Gasteiger partial charge in [0.2, 0.25) is 0 Å². The maximum absolute atomic E-state index is 5.81. The van der Waals surface area contributed by atoms with Crippen LogP contribution in [0.2, 0.25) is 0 Å². The molecule has 1 saturated heterocycles. The molecule has 1 heterocycles. The summed E-state index contributed by atoms with van der Waals surface area (Å²) in [6.07, 6.45) is 6.45. The van der Waals surface area contributed by atoms with Crippen LogP contribution in [-0.2, 0) is 0 Å². The van der Waals surface area contributed by atoms with Crippen molar-refractivity contribution in [3.8, 4) is 0 Å². The Balaban J connectivity index is 2.75. The summed E-state index contributed by atoms with van der Waals surface area (Å²) in [7, 11) is 0. The van der Waals surface area contributed by atoms with Gasteiger partial charge in [0, 0.05) is 25.2 Å². The molecule has 168 valence electrons. The minimum atomic E-state index is 0.574. The molecule has 1 rings (SSSR count). The third-order valence-corrected chi connectivity index (χ3v) is 5.80. The monoisotopic (exact) mass is 400 g/mol. The molecular formula is C20H48N8. The number of nitrogens with zero attached hydrogens (tertiary/aromatic N) is 3. The van der Waals surface area contributed by atoms with Gasteiger partial charge in [-0.1, -0.05) is 0 Å². The molecule has 0 aromatic heterocycles. The topological polar surface area (TPSA) is 140 Å². The van der Waals surface area contributed by atoms with Crippen LogP contribution < -0.4 is 28.7 Å². The van der Waals surface area contributed by atoms with E-state index in [2.05, 4.69) is 14.7 Å². The van der Waals surface area contributed by atoms with E-state index in [4.69, 9.17) is 28.7 Å². The summed E-state index contributed by atoms with van der Waals surface area (Å²) in [5, 5.41) is 0. The Morgan fingerprint density at radius 1 is 0.679 bits per heavy atom. The van der Waals surface area contributed by atoms with E-state index >= 15 is 0 Å². The van der Waals surface area contributed by atoms with E-state index in [9.17, 15) is 0 Å². The third kappa shape index (κ3) is 9.93. The Labute approximate surface area is 173 Å². The summed E-state index contributed by atoms with van der Waals surface area (Å²) >= 11 is 0. The van der Waals surface area contributed by atoms with Crippen LogP contribution in [-0.4, -0.2) is 105 Å². The average molecular weight is 401 g/mol. The zero-order valence-electron chi connectivity index (χ0n) is 18.1. The van der Waals surface area contributed by atoms with Gasteiger partial charge in [-0.15, -0.1) is 0 Å². The van der Waals surface area contributed by atoms with Gasteiger partial charge in [-0.2, -0.15) is 0 Å². The molecule has 8 nitrogen and oxygen atoms in total. The second-order valence-electron chi connectivity index (χ2n) is 8.09. The first kappa shape index (κ1) is 25.7. The summed E-state index contributed by atoms with van der Waals surface area (Å²) in [4.78, 5) is 7.85. The molecule has 0 spiro atoms. The molecule has 10 N–H and O–H groups in total. The van der Waals surface area contributed by atoms with E-state index < -0.39 is 0 Å². The van der Waals surface area contributed by atoms with Crippen LogP contribution in [0.15, 0.2) is 0 Å². The summed E-state index contributed by atoms with van der Waals surface area (Å²) in [6, 6.07) is 1.16. The van der Waals surface area contributed by atoms with E-state index in [1.807, 2.05) is 0 Å². The molecule has 0 bridgehead atoms. The van der Waals surface area contributed by atoms with Crippen molar-refractivity contribution in [1.82, 2.24) is 14.7 Å². The largest absolute Gasteiger partial charge is 0.330 e. The molecule has 2 atom stereocenters. The van der Waals surface area contributed by atoms with E-state index in [-0.39, 0.29) is 0 Å². The molecule has 1 aliphatic heterocycles. The molecule has 0 aromatic rings. The van der Waals surface area contributed by atoms with Crippen LogP contribution in [0.5, 0.6) is 0 Å². The Morgan fingerprint density at radius 2 is 1.18 bits per heavy atom. The molecule has 0 saturated carbocycles. The van der Waals surface area contributed by atoms with E-state index in [1.165, 1.54) is 6.42 Å². The van der Waals surface area contributed by atoms with Crippen molar-refractivity contribution in [2.75, 3.05) is 78.5 Å². The second kappa shape index (κ2) is 16.5.